The summed E-state index contributed by atoms with van der Waals surface area (Å²) in [5.74, 6) is 0. The molecule has 0 saturated heterocycles. The Balaban J connectivity index is 1.79. The van der Waals surface area contributed by atoms with Gasteiger partial charge in [-0.25, -0.2) is 0 Å². The van der Waals surface area contributed by atoms with Crippen molar-refractivity contribution in [1.82, 2.24) is 9.90 Å². The van der Waals surface area contributed by atoms with Crippen molar-refractivity contribution >= 4 is 0 Å². The number of aryl methyl sites for hydroxylation is 1. The maximum absolute atomic E-state index is 4.82. The van der Waals surface area contributed by atoms with Crippen LogP contribution in [0.15, 0.2) is 91.1 Å². The van der Waals surface area contributed by atoms with E-state index in [2.05, 4.69) is 90.6 Å². The SMILES string of the molecule is Cc1ccc(-n2cc(-c3ccccc3)[n+](Cc3ccccc3)n2)cc1. The molecule has 0 fully saturated rings. The van der Waals surface area contributed by atoms with Crippen molar-refractivity contribution in [1.29, 1.82) is 0 Å². The molecule has 0 saturated carbocycles. The van der Waals surface area contributed by atoms with Gasteiger partial charge in [0, 0.05) is 5.56 Å². The van der Waals surface area contributed by atoms with Crippen molar-refractivity contribution in [3.63, 3.8) is 0 Å². The Labute approximate surface area is 147 Å². The van der Waals surface area contributed by atoms with Gasteiger partial charge in [-0.1, -0.05) is 78.4 Å². The standard InChI is InChI=1S/C22H20N3/c1-18-12-14-21(15-13-18)24-17-22(20-10-6-3-7-11-20)25(23-24)16-19-8-4-2-5-9-19/h2-15,17H,16H2,1H3/q+1. The first-order valence-corrected chi connectivity index (χ1v) is 8.46. The molecule has 0 bridgehead atoms. The molecule has 3 nitrogen and oxygen atoms in total. The van der Waals surface area contributed by atoms with Crippen molar-refractivity contribution in [2.45, 2.75) is 13.5 Å². The molecule has 1 aromatic heterocycles. The molecule has 1 heterocycles. The first-order valence-electron chi connectivity index (χ1n) is 8.46. The van der Waals surface area contributed by atoms with Crippen LogP contribution in [-0.4, -0.2) is 9.90 Å². The lowest BCUT2D eigenvalue weighted by Gasteiger charge is -2.00. The van der Waals surface area contributed by atoms with E-state index in [1.165, 1.54) is 11.1 Å². The number of aromatic nitrogens is 3. The van der Waals surface area contributed by atoms with Gasteiger partial charge in [0.25, 0.3) is 0 Å². The quantitative estimate of drug-likeness (QED) is 0.516. The van der Waals surface area contributed by atoms with Crippen LogP contribution in [0.3, 0.4) is 0 Å². The van der Waals surface area contributed by atoms with Gasteiger partial charge in [-0.2, -0.15) is 0 Å². The van der Waals surface area contributed by atoms with Crippen LogP contribution in [0.25, 0.3) is 16.9 Å². The van der Waals surface area contributed by atoms with Crippen molar-refractivity contribution in [2.75, 3.05) is 0 Å². The minimum atomic E-state index is 0.740. The lowest BCUT2D eigenvalue weighted by molar-refractivity contribution is -0.737. The fourth-order valence-electron chi connectivity index (χ4n) is 2.90. The zero-order chi connectivity index (χ0) is 17.1. The van der Waals surface area contributed by atoms with Gasteiger partial charge >= 0.3 is 0 Å². The molecule has 0 aliphatic rings. The smallest absolute Gasteiger partial charge is 0.124 e. The van der Waals surface area contributed by atoms with Gasteiger partial charge in [-0.15, -0.1) is 9.36 Å². The summed E-state index contributed by atoms with van der Waals surface area (Å²) in [6.07, 6.45) is 2.10. The van der Waals surface area contributed by atoms with Crippen molar-refractivity contribution in [3.8, 4) is 16.9 Å². The van der Waals surface area contributed by atoms with Gasteiger partial charge in [0.1, 0.15) is 6.54 Å². The normalized spacial score (nSPS) is 10.8. The molecule has 0 spiro atoms. The second-order valence-corrected chi connectivity index (χ2v) is 6.19. The summed E-state index contributed by atoms with van der Waals surface area (Å²) in [6, 6.07) is 29.3. The first kappa shape index (κ1) is 15.3. The number of hydrogen-bond donors (Lipinski definition) is 0. The lowest BCUT2D eigenvalue weighted by Crippen LogP contribution is -2.39. The van der Waals surface area contributed by atoms with Gasteiger partial charge < -0.3 is 0 Å². The third kappa shape index (κ3) is 3.36. The molecule has 4 rings (SSSR count). The second kappa shape index (κ2) is 6.73. The average Bonchev–Trinajstić information content (AvgIpc) is 3.08. The first-order chi connectivity index (χ1) is 12.3. The van der Waals surface area contributed by atoms with E-state index in [0.717, 1.165) is 23.5 Å². The summed E-state index contributed by atoms with van der Waals surface area (Å²) in [5.41, 5.74) is 5.81. The fraction of sp³-hybridized carbons (Fsp3) is 0.0909. The van der Waals surface area contributed by atoms with Crippen molar-refractivity contribution < 1.29 is 4.68 Å². The summed E-state index contributed by atoms with van der Waals surface area (Å²) < 4.78 is 4.01. The summed E-state index contributed by atoms with van der Waals surface area (Å²) in [7, 11) is 0. The van der Waals surface area contributed by atoms with E-state index in [1.54, 1.807) is 0 Å². The van der Waals surface area contributed by atoms with E-state index in [0.29, 0.717) is 0 Å². The van der Waals surface area contributed by atoms with Crippen LogP contribution in [0, 0.1) is 6.92 Å². The molecule has 0 amide bonds. The van der Waals surface area contributed by atoms with Crippen molar-refractivity contribution in [2.24, 2.45) is 0 Å². The zero-order valence-corrected chi connectivity index (χ0v) is 14.2. The van der Waals surface area contributed by atoms with Gasteiger partial charge in [0.05, 0.1) is 5.21 Å². The molecule has 3 heteroatoms. The molecule has 3 aromatic carbocycles. The van der Waals surface area contributed by atoms with Crippen molar-refractivity contribution in [3.05, 3.63) is 102 Å². The molecule has 0 aliphatic carbocycles. The topological polar surface area (TPSA) is 21.7 Å². The monoisotopic (exact) mass is 326 g/mol. The summed E-state index contributed by atoms with van der Waals surface area (Å²) in [6.45, 7) is 2.84. The maximum Gasteiger partial charge on any atom is 0.198 e. The summed E-state index contributed by atoms with van der Waals surface area (Å²) in [5, 5.41) is 4.82. The highest BCUT2D eigenvalue weighted by molar-refractivity contribution is 5.55. The molecule has 0 radical (unpaired) electrons. The number of nitrogens with zero attached hydrogens (tertiary/aromatic N) is 3. The zero-order valence-electron chi connectivity index (χ0n) is 14.2. The Morgan fingerprint density at radius 3 is 2.12 bits per heavy atom. The largest absolute Gasteiger partial charge is 0.198 e. The highest BCUT2D eigenvalue weighted by Crippen LogP contribution is 2.17. The highest BCUT2D eigenvalue weighted by atomic mass is 15.5. The van der Waals surface area contributed by atoms with Crippen LogP contribution >= 0.6 is 0 Å². The van der Waals surface area contributed by atoms with Gasteiger partial charge in [0.2, 0.25) is 0 Å². The molecular weight excluding hydrogens is 306 g/mol. The maximum atomic E-state index is 4.82. The summed E-state index contributed by atoms with van der Waals surface area (Å²) in [4.78, 5) is 0. The van der Waals surface area contributed by atoms with E-state index < -0.39 is 0 Å². The number of rotatable bonds is 4. The van der Waals surface area contributed by atoms with E-state index in [1.807, 2.05) is 16.8 Å². The van der Waals surface area contributed by atoms with Crippen LogP contribution in [0.2, 0.25) is 0 Å². The van der Waals surface area contributed by atoms with Gasteiger partial charge in [-0.3, -0.25) is 0 Å². The molecule has 4 aromatic rings. The van der Waals surface area contributed by atoms with Crippen LogP contribution in [0.1, 0.15) is 11.1 Å². The second-order valence-electron chi connectivity index (χ2n) is 6.19. The minimum absolute atomic E-state index is 0.740. The predicted molar refractivity (Wildman–Crippen MR) is 99.5 cm³/mol. The van der Waals surface area contributed by atoms with Crippen LogP contribution in [0.4, 0.5) is 0 Å². The molecule has 0 atom stereocenters. The van der Waals surface area contributed by atoms with Crippen LogP contribution in [-0.2, 0) is 6.54 Å². The molecule has 0 unspecified atom stereocenters. The molecule has 122 valence electrons. The Hall–Kier alpha value is -3.20. The third-order valence-electron chi connectivity index (χ3n) is 4.27. The third-order valence-corrected chi connectivity index (χ3v) is 4.27. The molecule has 25 heavy (non-hydrogen) atoms. The highest BCUT2D eigenvalue weighted by Gasteiger charge is 2.19. The van der Waals surface area contributed by atoms with Gasteiger partial charge in [-0.05, 0) is 24.6 Å². The number of hydrogen-bond acceptors (Lipinski definition) is 1. The fourth-order valence-corrected chi connectivity index (χ4v) is 2.90. The van der Waals surface area contributed by atoms with Crippen LogP contribution in [0.5, 0.6) is 0 Å². The molecular formula is C22H20N3+. The van der Waals surface area contributed by atoms with E-state index in [9.17, 15) is 0 Å². The van der Waals surface area contributed by atoms with E-state index in [4.69, 9.17) is 5.21 Å². The average molecular weight is 326 g/mol. The molecule has 0 aliphatic heterocycles. The Kier molecular flexibility index (Phi) is 4.13. The Bertz CT molecular complexity index is 955. The van der Waals surface area contributed by atoms with Crippen LogP contribution < -0.4 is 4.68 Å². The lowest BCUT2D eigenvalue weighted by atomic mass is 10.1. The van der Waals surface area contributed by atoms with E-state index >= 15 is 0 Å². The Morgan fingerprint density at radius 1 is 0.800 bits per heavy atom. The number of benzene rings is 3. The van der Waals surface area contributed by atoms with E-state index in [-0.39, 0.29) is 0 Å². The predicted octanol–water partition coefficient (Wildman–Crippen LogP) is 4.18. The van der Waals surface area contributed by atoms with Gasteiger partial charge in [0.15, 0.2) is 17.6 Å². The summed E-state index contributed by atoms with van der Waals surface area (Å²) >= 11 is 0. The molecule has 0 N–H and O–H groups in total. The Morgan fingerprint density at radius 2 is 1.44 bits per heavy atom. The minimum Gasteiger partial charge on any atom is -0.124 e.